The number of nitrogens with one attached hydrogen (secondary N) is 1. The molecule has 0 aliphatic carbocycles. The van der Waals surface area contributed by atoms with Gasteiger partial charge >= 0.3 is 0 Å². The van der Waals surface area contributed by atoms with Gasteiger partial charge < -0.3 is 24.9 Å². The highest BCUT2D eigenvalue weighted by atomic mass is 19.1. The molecule has 2 aliphatic heterocycles. The van der Waals surface area contributed by atoms with E-state index in [1.807, 2.05) is 0 Å². The van der Waals surface area contributed by atoms with Gasteiger partial charge in [-0.2, -0.15) is 4.98 Å². The summed E-state index contributed by atoms with van der Waals surface area (Å²) >= 11 is 0. The van der Waals surface area contributed by atoms with E-state index in [-0.39, 0.29) is 5.69 Å². The Labute approximate surface area is 198 Å². The fourth-order valence-electron chi connectivity index (χ4n) is 4.41. The summed E-state index contributed by atoms with van der Waals surface area (Å²) in [6.07, 6.45) is 1.45. The maximum atomic E-state index is 13.6. The van der Waals surface area contributed by atoms with Crippen molar-refractivity contribution in [1.82, 2.24) is 24.6 Å². The van der Waals surface area contributed by atoms with Gasteiger partial charge in [-0.3, -0.25) is 0 Å². The van der Waals surface area contributed by atoms with E-state index in [9.17, 15) is 8.78 Å². The number of anilines is 4. The van der Waals surface area contributed by atoms with Gasteiger partial charge in [-0.15, -0.1) is 5.10 Å². The van der Waals surface area contributed by atoms with Crippen molar-refractivity contribution in [2.75, 3.05) is 81.6 Å². The average Bonchev–Trinajstić information content (AvgIpc) is 3.28. The molecule has 10 heteroatoms. The van der Waals surface area contributed by atoms with Gasteiger partial charge in [0.2, 0.25) is 5.95 Å². The van der Waals surface area contributed by atoms with E-state index in [0.29, 0.717) is 5.95 Å². The Morgan fingerprint density at radius 1 is 0.676 bits per heavy atom. The topological polar surface area (TPSA) is 55.7 Å². The van der Waals surface area contributed by atoms with Gasteiger partial charge in [0.05, 0.1) is 5.69 Å². The van der Waals surface area contributed by atoms with Crippen molar-refractivity contribution in [3.8, 4) is 5.69 Å². The number of halogens is 2. The summed E-state index contributed by atoms with van der Waals surface area (Å²) in [5, 5.41) is 7.68. The first kappa shape index (κ1) is 22.5. The van der Waals surface area contributed by atoms with E-state index in [4.69, 9.17) is 0 Å². The first-order valence-corrected chi connectivity index (χ1v) is 11.6. The zero-order valence-corrected chi connectivity index (χ0v) is 19.6. The molecule has 5 rings (SSSR count). The molecule has 2 aliphatic rings. The summed E-state index contributed by atoms with van der Waals surface area (Å²) < 4.78 is 28.6. The summed E-state index contributed by atoms with van der Waals surface area (Å²) in [4.78, 5) is 13.8. The molecule has 0 bridgehead atoms. The van der Waals surface area contributed by atoms with Crippen LogP contribution in [0.3, 0.4) is 0 Å². The molecule has 3 aromatic rings. The van der Waals surface area contributed by atoms with Crippen molar-refractivity contribution in [3.05, 3.63) is 54.4 Å². The van der Waals surface area contributed by atoms with Crippen LogP contribution in [-0.4, -0.2) is 91.0 Å². The zero-order chi connectivity index (χ0) is 23.7. The lowest BCUT2D eigenvalue weighted by molar-refractivity contribution is 0.312. The number of hydrogen-bond acceptors (Lipinski definition) is 7. The molecule has 34 heavy (non-hydrogen) atoms. The molecule has 1 N–H and O–H groups in total. The average molecular weight is 469 g/mol. The highest BCUT2D eigenvalue weighted by Crippen LogP contribution is 2.30. The van der Waals surface area contributed by atoms with Gasteiger partial charge in [0.25, 0.3) is 0 Å². The fourth-order valence-corrected chi connectivity index (χ4v) is 4.41. The van der Waals surface area contributed by atoms with E-state index in [2.05, 4.69) is 67.3 Å². The number of nitrogens with zero attached hydrogens (tertiary/aromatic N) is 7. The standard InChI is InChI=1S/C24H30F2N8/c1-30-3-7-32(8-4-30)21-14-20(15-22(16-21)33-9-5-31(2)6-10-33)28-24-27-17-34(29-24)23-12-18(25)11-19(26)13-23/h11-17H,3-10H2,1-2H3,(H,28,29). The Kier molecular flexibility index (Phi) is 6.34. The number of likely N-dealkylation sites (N-methyl/N-ethyl adjacent to an activating group) is 2. The molecule has 180 valence electrons. The minimum Gasteiger partial charge on any atom is -0.369 e. The third kappa shape index (κ3) is 5.13. The van der Waals surface area contributed by atoms with E-state index >= 15 is 0 Å². The number of piperazine rings is 2. The number of rotatable bonds is 5. The minimum absolute atomic E-state index is 0.280. The Bertz CT molecular complexity index is 1070. The molecule has 2 saturated heterocycles. The van der Waals surface area contributed by atoms with Crippen LogP contribution in [0.1, 0.15) is 0 Å². The predicted octanol–water partition coefficient (Wildman–Crippen LogP) is 2.79. The smallest absolute Gasteiger partial charge is 0.246 e. The molecule has 0 unspecified atom stereocenters. The molecule has 0 atom stereocenters. The second-order valence-corrected chi connectivity index (χ2v) is 9.08. The lowest BCUT2D eigenvalue weighted by Gasteiger charge is -2.37. The van der Waals surface area contributed by atoms with Gasteiger partial charge in [0.15, 0.2) is 0 Å². The van der Waals surface area contributed by atoms with Crippen LogP contribution in [-0.2, 0) is 0 Å². The molecule has 0 amide bonds. The Balaban J connectivity index is 1.41. The van der Waals surface area contributed by atoms with E-state index < -0.39 is 11.6 Å². The lowest BCUT2D eigenvalue weighted by Crippen LogP contribution is -2.45. The Morgan fingerprint density at radius 2 is 1.21 bits per heavy atom. The maximum absolute atomic E-state index is 13.6. The summed E-state index contributed by atoms with van der Waals surface area (Å²) in [5.74, 6) is -0.946. The van der Waals surface area contributed by atoms with Crippen molar-refractivity contribution >= 4 is 23.0 Å². The molecular weight excluding hydrogens is 438 g/mol. The molecular formula is C24H30F2N8. The number of aromatic nitrogens is 3. The van der Waals surface area contributed by atoms with Crippen LogP contribution >= 0.6 is 0 Å². The summed E-state index contributed by atoms with van der Waals surface area (Å²) in [5.41, 5.74) is 3.49. The zero-order valence-electron chi connectivity index (χ0n) is 19.6. The van der Waals surface area contributed by atoms with Crippen molar-refractivity contribution in [2.45, 2.75) is 0 Å². The SMILES string of the molecule is CN1CCN(c2cc(Nc3ncn(-c4cc(F)cc(F)c4)n3)cc(N3CCN(C)CC3)c2)CC1. The van der Waals surface area contributed by atoms with Gasteiger partial charge in [-0.25, -0.2) is 13.5 Å². The van der Waals surface area contributed by atoms with Gasteiger partial charge in [-0.05, 0) is 44.4 Å². The molecule has 1 aromatic heterocycles. The van der Waals surface area contributed by atoms with Crippen molar-refractivity contribution in [2.24, 2.45) is 0 Å². The van der Waals surface area contributed by atoms with E-state index in [1.54, 1.807) is 0 Å². The third-order valence-electron chi connectivity index (χ3n) is 6.50. The largest absolute Gasteiger partial charge is 0.369 e. The second kappa shape index (κ2) is 9.55. The third-order valence-corrected chi connectivity index (χ3v) is 6.50. The fraction of sp³-hybridized carbons (Fsp3) is 0.417. The van der Waals surface area contributed by atoms with Crippen molar-refractivity contribution < 1.29 is 8.78 Å². The second-order valence-electron chi connectivity index (χ2n) is 9.08. The van der Waals surface area contributed by atoms with Gasteiger partial charge in [0, 0.05) is 75.5 Å². The molecule has 2 fully saturated rings. The Hall–Kier alpha value is -3.24. The first-order chi connectivity index (χ1) is 16.4. The van der Waals surface area contributed by atoms with Crippen LogP contribution in [0.15, 0.2) is 42.7 Å². The van der Waals surface area contributed by atoms with Crippen LogP contribution < -0.4 is 15.1 Å². The highest BCUT2D eigenvalue weighted by molar-refractivity contribution is 5.71. The monoisotopic (exact) mass is 468 g/mol. The van der Waals surface area contributed by atoms with E-state index in [0.717, 1.165) is 64.1 Å². The van der Waals surface area contributed by atoms with Crippen molar-refractivity contribution in [1.29, 1.82) is 0 Å². The molecule has 8 nitrogen and oxygen atoms in total. The predicted molar refractivity (Wildman–Crippen MR) is 130 cm³/mol. The normalized spacial score (nSPS) is 17.9. The van der Waals surface area contributed by atoms with Crippen LogP contribution in [0.2, 0.25) is 0 Å². The summed E-state index contributed by atoms with van der Waals surface area (Å²) in [7, 11) is 4.30. The molecule has 0 radical (unpaired) electrons. The van der Waals surface area contributed by atoms with Gasteiger partial charge in [0.1, 0.15) is 18.0 Å². The molecule has 3 heterocycles. The summed E-state index contributed by atoms with van der Waals surface area (Å²) in [6.45, 7) is 7.99. The first-order valence-electron chi connectivity index (χ1n) is 11.6. The Morgan fingerprint density at radius 3 is 1.74 bits per heavy atom. The van der Waals surface area contributed by atoms with Crippen LogP contribution in [0, 0.1) is 11.6 Å². The van der Waals surface area contributed by atoms with E-state index in [1.165, 1.54) is 34.5 Å². The quantitative estimate of drug-likeness (QED) is 0.618. The van der Waals surface area contributed by atoms with Crippen LogP contribution in [0.25, 0.3) is 5.69 Å². The number of benzene rings is 2. The highest BCUT2D eigenvalue weighted by Gasteiger charge is 2.19. The van der Waals surface area contributed by atoms with Crippen LogP contribution in [0.5, 0.6) is 0 Å². The molecule has 0 spiro atoms. The minimum atomic E-state index is -0.656. The molecule has 0 saturated carbocycles. The lowest BCUT2D eigenvalue weighted by atomic mass is 10.1. The van der Waals surface area contributed by atoms with Crippen molar-refractivity contribution in [3.63, 3.8) is 0 Å². The van der Waals surface area contributed by atoms with Crippen LogP contribution in [0.4, 0.5) is 31.8 Å². The van der Waals surface area contributed by atoms with Gasteiger partial charge in [-0.1, -0.05) is 0 Å². The summed E-state index contributed by atoms with van der Waals surface area (Å²) in [6, 6.07) is 9.79. The molecule has 2 aromatic carbocycles. The number of hydrogen-bond donors (Lipinski definition) is 1. The maximum Gasteiger partial charge on any atom is 0.246 e.